The van der Waals surface area contributed by atoms with Gasteiger partial charge in [-0.25, -0.2) is 18.4 Å². The van der Waals surface area contributed by atoms with Crippen LogP contribution in [0.2, 0.25) is 0 Å². The van der Waals surface area contributed by atoms with Gasteiger partial charge < -0.3 is 0 Å². The molecule has 19 heavy (non-hydrogen) atoms. The lowest BCUT2D eigenvalue weighted by Gasteiger charge is -2.14. The number of aryl methyl sites for hydroxylation is 1. The molecule has 1 aromatic heterocycles. The van der Waals surface area contributed by atoms with Crippen molar-refractivity contribution < 1.29 is 8.78 Å². The topological polar surface area (TPSA) is 30.7 Å². The molecule has 0 bridgehead atoms. The number of halogens is 3. The van der Waals surface area contributed by atoms with E-state index in [2.05, 4.69) is 26.0 Å². The molecule has 0 N–H and O–H groups in total. The SMILES string of the molecule is Fc1ccc(C2CCCCn3nc(Br)nc32)cc1F. The molecule has 0 amide bonds. The Kier molecular flexibility index (Phi) is 3.35. The van der Waals surface area contributed by atoms with Crippen LogP contribution in [0.4, 0.5) is 8.78 Å². The summed E-state index contributed by atoms with van der Waals surface area (Å²) in [5.41, 5.74) is 0.752. The third-order valence-corrected chi connectivity index (χ3v) is 3.78. The van der Waals surface area contributed by atoms with Crippen LogP contribution in [-0.2, 0) is 6.54 Å². The van der Waals surface area contributed by atoms with Crippen LogP contribution < -0.4 is 0 Å². The van der Waals surface area contributed by atoms with Gasteiger partial charge in [0, 0.05) is 12.5 Å². The van der Waals surface area contributed by atoms with Gasteiger partial charge in [0.1, 0.15) is 5.82 Å². The second-order valence-electron chi connectivity index (χ2n) is 4.68. The molecule has 6 heteroatoms. The van der Waals surface area contributed by atoms with Crippen molar-refractivity contribution in [1.82, 2.24) is 14.8 Å². The lowest BCUT2D eigenvalue weighted by molar-refractivity contribution is 0.504. The van der Waals surface area contributed by atoms with E-state index >= 15 is 0 Å². The average Bonchev–Trinajstić information content (AvgIpc) is 2.63. The molecule has 3 rings (SSSR count). The largest absolute Gasteiger partial charge is 0.248 e. The van der Waals surface area contributed by atoms with Crippen molar-refractivity contribution in [2.24, 2.45) is 0 Å². The molecular weight excluding hydrogens is 316 g/mol. The first-order valence-electron chi connectivity index (χ1n) is 6.20. The summed E-state index contributed by atoms with van der Waals surface area (Å²) in [6.45, 7) is 0.814. The van der Waals surface area contributed by atoms with E-state index in [1.807, 2.05) is 4.68 Å². The summed E-state index contributed by atoms with van der Waals surface area (Å²) >= 11 is 3.27. The van der Waals surface area contributed by atoms with Crippen LogP contribution in [0.5, 0.6) is 0 Å². The quantitative estimate of drug-likeness (QED) is 0.800. The van der Waals surface area contributed by atoms with Crippen molar-refractivity contribution >= 4 is 15.9 Å². The molecule has 2 heterocycles. The van der Waals surface area contributed by atoms with E-state index in [4.69, 9.17) is 0 Å². The molecule has 0 aliphatic carbocycles. The highest BCUT2D eigenvalue weighted by Crippen LogP contribution is 2.32. The third-order valence-electron chi connectivity index (χ3n) is 3.44. The Bertz CT molecular complexity index is 612. The molecule has 1 aromatic carbocycles. The van der Waals surface area contributed by atoms with Crippen molar-refractivity contribution in [2.45, 2.75) is 31.7 Å². The average molecular weight is 328 g/mol. The van der Waals surface area contributed by atoms with Gasteiger partial charge in [-0.05, 0) is 46.5 Å². The number of fused-ring (bicyclic) bond motifs is 1. The summed E-state index contributed by atoms with van der Waals surface area (Å²) < 4.78 is 28.8. The Morgan fingerprint density at radius 2 is 2.05 bits per heavy atom. The highest BCUT2D eigenvalue weighted by atomic mass is 79.9. The Balaban J connectivity index is 2.05. The van der Waals surface area contributed by atoms with Gasteiger partial charge in [0.05, 0.1) is 0 Å². The lowest BCUT2D eigenvalue weighted by atomic mass is 9.93. The van der Waals surface area contributed by atoms with Crippen LogP contribution in [0, 0.1) is 11.6 Å². The van der Waals surface area contributed by atoms with E-state index in [0.717, 1.165) is 37.2 Å². The molecule has 1 aliphatic rings. The van der Waals surface area contributed by atoms with E-state index in [-0.39, 0.29) is 5.92 Å². The van der Waals surface area contributed by atoms with Crippen LogP contribution in [0.1, 0.15) is 36.6 Å². The first-order chi connectivity index (χ1) is 9.15. The summed E-state index contributed by atoms with van der Waals surface area (Å²) in [6, 6.07) is 4.06. The zero-order valence-corrected chi connectivity index (χ0v) is 11.7. The van der Waals surface area contributed by atoms with Crippen LogP contribution in [0.15, 0.2) is 22.9 Å². The molecule has 0 fully saturated rings. The number of rotatable bonds is 1. The number of hydrogen-bond donors (Lipinski definition) is 0. The molecule has 0 spiro atoms. The maximum Gasteiger partial charge on any atom is 0.217 e. The molecule has 0 saturated carbocycles. The Hall–Kier alpha value is -1.30. The van der Waals surface area contributed by atoms with E-state index in [1.165, 1.54) is 12.1 Å². The Morgan fingerprint density at radius 1 is 1.21 bits per heavy atom. The van der Waals surface area contributed by atoms with Crippen molar-refractivity contribution in [2.75, 3.05) is 0 Å². The fraction of sp³-hybridized carbons (Fsp3) is 0.385. The first kappa shape index (κ1) is 12.7. The number of aromatic nitrogens is 3. The van der Waals surface area contributed by atoms with Gasteiger partial charge in [0.2, 0.25) is 4.73 Å². The molecule has 100 valence electrons. The van der Waals surface area contributed by atoms with Gasteiger partial charge in [-0.15, -0.1) is 5.10 Å². The van der Waals surface area contributed by atoms with Crippen LogP contribution >= 0.6 is 15.9 Å². The van der Waals surface area contributed by atoms with Crippen LogP contribution in [0.3, 0.4) is 0 Å². The van der Waals surface area contributed by atoms with E-state index < -0.39 is 11.6 Å². The molecule has 3 nitrogen and oxygen atoms in total. The summed E-state index contributed by atoms with van der Waals surface area (Å²) in [5.74, 6) is -0.848. The molecule has 1 aliphatic heterocycles. The molecule has 1 atom stereocenters. The smallest absolute Gasteiger partial charge is 0.217 e. The highest BCUT2D eigenvalue weighted by molar-refractivity contribution is 9.10. The monoisotopic (exact) mass is 327 g/mol. The predicted molar refractivity (Wildman–Crippen MR) is 69.8 cm³/mol. The normalized spacial score (nSPS) is 19.0. The third kappa shape index (κ3) is 2.41. The van der Waals surface area contributed by atoms with Gasteiger partial charge in [-0.2, -0.15) is 0 Å². The molecule has 0 saturated heterocycles. The second-order valence-corrected chi connectivity index (χ2v) is 5.39. The molecule has 2 aromatic rings. The number of nitrogens with zero attached hydrogens (tertiary/aromatic N) is 3. The van der Waals surface area contributed by atoms with Crippen molar-refractivity contribution in [1.29, 1.82) is 0 Å². The van der Waals surface area contributed by atoms with Gasteiger partial charge in [0.15, 0.2) is 11.6 Å². The van der Waals surface area contributed by atoms with Crippen LogP contribution in [0.25, 0.3) is 0 Å². The van der Waals surface area contributed by atoms with Gasteiger partial charge in [-0.3, -0.25) is 0 Å². The summed E-state index contributed by atoms with van der Waals surface area (Å²) in [5, 5.41) is 4.28. The van der Waals surface area contributed by atoms with Gasteiger partial charge in [0.25, 0.3) is 0 Å². The fourth-order valence-corrected chi connectivity index (χ4v) is 2.90. The minimum absolute atomic E-state index is 0.0311. The molecule has 0 radical (unpaired) electrons. The number of benzene rings is 1. The predicted octanol–water partition coefficient (Wildman–Crippen LogP) is 3.63. The van der Waals surface area contributed by atoms with Crippen LogP contribution in [-0.4, -0.2) is 14.8 Å². The highest BCUT2D eigenvalue weighted by Gasteiger charge is 2.24. The number of hydrogen-bond acceptors (Lipinski definition) is 2. The summed E-state index contributed by atoms with van der Waals surface area (Å²) in [6.07, 6.45) is 2.91. The Labute approximate surface area is 117 Å². The maximum atomic E-state index is 13.4. The van der Waals surface area contributed by atoms with Gasteiger partial charge >= 0.3 is 0 Å². The standard InChI is InChI=1S/C13H12BrF2N3/c14-13-17-12-9(3-1-2-6-19(12)18-13)8-4-5-10(15)11(16)7-8/h4-5,7,9H,1-3,6H2. The fourth-order valence-electron chi connectivity index (χ4n) is 2.53. The van der Waals surface area contributed by atoms with E-state index in [9.17, 15) is 8.78 Å². The van der Waals surface area contributed by atoms with Crippen molar-refractivity contribution in [3.05, 3.63) is 46.0 Å². The molecular formula is C13H12BrF2N3. The van der Waals surface area contributed by atoms with Crippen molar-refractivity contribution in [3.63, 3.8) is 0 Å². The minimum Gasteiger partial charge on any atom is -0.248 e. The lowest BCUT2D eigenvalue weighted by Crippen LogP contribution is -2.09. The summed E-state index contributed by atoms with van der Waals surface area (Å²) in [7, 11) is 0. The van der Waals surface area contributed by atoms with E-state index in [0.29, 0.717) is 4.73 Å². The van der Waals surface area contributed by atoms with E-state index in [1.54, 1.807) is 6.07 Å². The first-order valence-corrected chi connectivity index (χ1v) is 6.99. The zero-order valence-electron chi connectivity index (χ0n) is 10.1. The second kappa shape index (κ2) is 5.00. The summed E-state index contributed by atoms with van der Waals surface area (Å²) in [4.78, 5) is 4.37. The maximum absolute atomic E-state index is 13.4. The minimum atomic E-state index is -0.819. The zero-order chi connectivity index (χ0) is 13.4. The van der Waals surface area contributed by atoms with Crippen molar-refractivity contribution in [3.8, 4) is 0 Å². The van der Waals surface area contributed by atoms with Gasteiger partial charge in [-0.1, -0.05) is 12.5 Å². The molecule has 1 unspecified atom stereocenters. The Morgan fingerprint density at radius 3 is 2.84 bits per heavy atom.